The van der Waals surface area contributed by atoms with E-state index in [1.54, 1.807) is 24.3 Å². The van der Waals surface area contributed by atoms with Gasteiger partial charge in [-0.2, -0.15) is 0 Å². The van der Waals surface area contributed by atoms with Crippen LogP contribution in [0.4, 0.5) is 0 Å². The van der Waals surface area contributed by atoms with Crippen LogP contribution in [0, 0.1) is 20.8 Å². The van der Waals surface area contributed by atoms with Crippen LogP contribution in [-0.4, -0.2) is 34.0 Å². The number of aliphatic imine (C=N–C) groups is 1. The van der Waals surface area contributed by atoms with Crippen LogP contribution in [0.3, 0.4) is 0 Å². The van der Waals surface area contributed by atoms with Crippen molar-refractivity contribution >= 4 is 27.3 Å². The maximum Gasteiger partial charge on any atom is 0.240 e. The number of aryl methyl sites for hydroxylation is 3. The van der Waals surface area contributed by atoms with E-state index in [1.807, 2.05) is 26.0 Å². The lowest BCUT2D eigenvalue weighted by atomic mass is 10.2. The van der Waals surface area contributed by atoms with Gasteiger partial charge in [-0.3, -0.25) is 0 Å². The second-order valence-corrected chi connectivity index (χ2v) is 9.41. The highest BCUT2D eigenvalue weighted by Gasteiger charge is 2.16. The summed E-state index contributed by atoms with van der Waals surface area (Å²) in [5.74, 6) is 0.675. The normalized spacial score (nSPS) is 12.2. The van der Waals surface area contributed by atoms with Crippen molar-refractivity contribution in [2.24, 2.45) is 4.99 Å². The zero-order valence-electron chi connectivity index (χ0n) is 16.3. The number of benzene rings is 1. The van der Waals surface area contributed by atoms with Gasteiger partial charge in [0, 0.05) is 29.4 Å². The molecule has 1 heterocycles. The molecule has 0 bridgehead atoms. The largest absolute Gasteiger partial charge is 0.357 e. The fraction of sp³-hybridized carbons (Fsp3) is 0.421. The van der Waals surface area contributed by atoms with E-state index in [1.165, 1.54) is 9.75 Å². The van der Waals surface area contributed by atoms with Crippen molar-refractivity contribution in [2.45, 2.75) is 39.1 Å². The molecule has 2 rings (SSSR count). The number of guanidine groups is 1. The van der Waals surface area contributed by atoms with Crippen molar-refractivity contribution in [2.75, 3.05) is 19.6 Å². The smallest absolute Gasteiger partial charge is 0.240 e. The Morgan fingerprint density at radius 1 is 1.07 bits per heavy atom. The molecule has 1 aromatic carbocycles. The van der Waals surface area contributed by atoms with E-state index >= 15 is 0 Å². The number of nitrogens with zero attached hydrogens (tertiary/aromatic N) is 1. The summed E-state index contributed by atoms with van der Waals surface area (Å²) in [5.41, 5.74) is 1.66. The Morgan fingerprint density at radius 3 is 2.52 bits per heavy atom. The van der Waals surface area contributed by atoms with Crippen molar-refractivity contribution in [1.29, 1.82) is 0 Å². The van der Waals surface area contributed by atoms with Crippen molar-refractivity contribution in [3.8, 4) is 0 Å². The van der Waals surface area contributed by atoms with E-state index in [-0.39, 0.29) is 6.54 Å². The van der Waals surface area contributed by atoms with Gasteiger partial charge in [-0.25, -0.2) is 18.1 Å². The molecule has 0 aliphatic rings. The van der Waals surface area contributed by atoms with Crippen molar-refractivity contribution in [3.05, 3.63) is 51.2 Å². The van der Waals surface area contributed by atoms with Gasteiger partial charge in [-0.05, 0) is 57.0 Å². The SMILES string of the molecule is CCNC(=NCc1ccc(C)s1)NCCNS(=O)(=O)c1cc(C)ccc1C. The Balaban J connectivity index is 1.89. The van der Waals surface area contributed by atoms with Crippen LogP contribution in [0.25, 0.3) is 0 Å². The van der Waals surface area contributed by atoms with Gasteiger partial charge < -0.3 is 10.6 Å². The predicted molar refractivity (Wildman–Crippen MR) is 113 cm³/mol. The van der Waals surface area contributed by atoms with Crippen LogP contribution in [0.5, 0.6) is 0 Å². The quantitative estimate of drug-likeness (QED) is 0.356. The van der Waals surface area contributed by atoms with Crippen molar-refractivity contribution < 1.29 is 8.42 Å². The van der Waals surface area contributed by atoms with Crippen LogP contribution in [0.1, 0.15) is 27.8 Å². The lowest BCUT2D eigenvalue weighted by Crippen LogP contribution is -2.41. The van der Waals surface area contributed by atoms with Crippen LogP contribution in [0.2, 0.25) is 0 Å². The average molecular weight is 409 g/mol. The minimum absolute atomic E-state index is 0.276. The summed E-state index contributed by atoms with van der Waals surface area (Å²) >= 11 is 1.73. The Morgan fingerprint density at radius 2 is 1.85 bits per heavy atom. The highest BCUT2D eigenvalue weighted by atomic mass is 32.2. The fourth-order valence-corrected chi connectivity index (χ4v) is 4.68. The minimum Gasteiger partial charge on any atom is -0.357 e. The van der Waals surface area contributed by atoms with Gasteiger partial charge in [0.05, 0.1) is 11.4 Å². The molecule has 27 heavy (non-hydrogen) atoms. The summed E-state index contributed by atoms with van der Waals surface area (Å²) in [6.07, 6.45) is 0. The first-order valence-corrected chi connectivity index (χ1v) is 11.3. The fourth-order valence-electron chi connectivity index (χ4n) is 2.51. The molecular weight excluding hydrogens is 380 g/mol. The molecule has 0 radical (unpaired) electrons. The minimum atomic E-state index is -3.52. The first-order chi connectivity index (χ1) is 12.8. The van der Waals surface area contributed by atoms with E-state index in [9.17, 15) is 8.42 Å². The zero-order chi connectivity index (χ0) is 19.9. The van der Waals surface area contributed by atoms with Gasteiger partial charge in [0.25, 0.3) is 0 Å². The molecule has 0 atom stereocenters. The van der Waals surface area contributed by atoms with Gasteiger partial charge in [0.2, 0.25) is 10.0 Å². The highest BCUT2D eigenvalue weighted by Crippen LogP contribution is 2.16. The summed E-state index contributed by atoms with van der Waals surface area (Å²) in [7, 11) is -3.52. The predicted octanol–water partition coefficient (Wildman–Crippen LogP) is 2.71. The molecule has 1 aromatic heterocycles. The third-order valence-corrected chi connectivity index (χ3v) is 6.46. The topological polar surface area (TPSA) is 82.6 Å². The third kappa shape index (κ3) is 6.64. The van der Waals surface area contributed by atoms with Crippen molar-refractivity contribution in [1.82, 2.24) is 15.4 Å². The molecule has 0 spiro atoms. The van der Waals surface area contributed by atoms with Crippen LogP contribution in [0.15, 0.2) is 40.2 Å². The number of hydrogen-bond acceptors (Lipinski definition) is 4. The summed E-state index contributed by atoms with van der Waals surface area (Å²) in [6.45, 7) is 9.81. The van der Waals surface area contributed by atoms with E-state index < -0.39 is 10.0 Å². The summed E-state index contributed by atoms with van der Waals surface area (Å²) < 4.78 is 27.7. The molecule has 0 saturated carbocycles. The van der Waals surface area contributed by atoms with Crippen LogP contribution in [-0.2, 0) is 16.6 Å². The number of thiophene rings is 1. The summed E-state index contributed by atoms with van der Waals surface area (Å²) in [4.78, 5) is 7.33. The van der Waals surface area contributed by atoms with Crippen LogP contribution >= 0.6 is 11.3 Å². The maximum atomic E-state index is 12.5. The Kier molecular flexibility index (Phi) is 7.82. The number of rotatable bonds is 8. The first-order valence-electron chi connectivity index (χ1n) is 8.96. The lowest BCUT2D eigenvalue weighted by molar-refractivity contribution is 0.580. The van der Waals surface area contributed by atoms with Gasteiger partial charge in [-0.15, -0.1) is 11.3 Å². The molecular formula is C19H28N4O2S2. The first kappa shape index (κ1) is 21.4. The molecule has 0 unspecified atom stereocenters. The molecule has 0 amide bonds. The number of hydrogen-bond donors (Lipinski definition) is 3. The van der Waals surface area contributed by atoms with E-state index in [2.05, 4.69) is 39.4 Å². The standard InChI is InChI=1S/C19H28N4O2S2/c1-5-20-19(22-13-17-9-8-16(4)26-17)21-10-11-23-27(24,25)18-12-14(2)6-7-15(18)3/h6-9,12,23H,5,10-11,13H2,1-4H3,(H2,20,21,22). The van der Waals surface area contributed by atoms with Gasteiger partial charge >= 0.3 is 0 Å². The Hall–Kier alpha value is -1.90. The van der Waals surface area contributed by atoms with E-state index in [0.29, 0.717) is 23.9 Å². The lowest BCUT2D eigenvalue weighted by Gasteiger charge is -2.13. The Labute approximate surface area is 166 Å². The molecule has 6 nitrogen and oxygen atoms in total. The molecule has 0 saturated heterocycles. The number of sulfonamides is 1. The van der Waals surface area contributed by atoms with E-state index in [0.717, 1.165) is 17.7 Å². The molecule has 0 aliphatic heterocycles. The molecule has 0 fully saturated rings. The monoisotopic (exact) mass is 408 g/mol. The maximum absolute atomic E-state index is 12.5. The molecule has 2 aromatic rings. The summed E-state index contributed by atoms with van der Waals surface area (Å²) in [5, 5.41) is 6.34. The van der Waals surface area contributed by atoms with E-state index in [4.69, 9.17) is 0 Å². The third-order valence-electron chi connectivity index (χ3n) is 3.88. The zero-order valence-corrected chi connectivity index (χ0v) is 17.9. The Bertz CT molecular complexity index is 889. The molecule has 3 N–H and O–H groups in total. The second kappa shape index (κ2) is 9.87. The summed E-state index contributed by atoms with van der Waals surface area (Å²) in [6, 6.07) is 9.58. The molecule has 0 aliphatic carbocycles. The average Bonchev–Trinajstić information content (AvgIpc) is 3.03. The second-order valence-electron chi connectivity index (χ2n) is 6.30. The van der Waals surface area contributed by atoms with Crippen molar-refractivity contribution in [3.63, 3.8) is 0 Å². The van der Waals surface area contributed by atoms with Gasteiger partial charge in [-0.1, -0.05) is 12.1 Å². The number of nitrogens with one attached hydrogen (secondary N) is 3. The molecule has 8 heteroatoms. The van der Waals surface area contributed by atoms with Crippen LogP contribution < -0.4 is 15.4 Å². The van der Waals surface area contributed by atoms with Gasteiger partial charge in [0.15, 0.2) is 5.96 Å². The van der Waals surface area contributed by atoms with Gasteiger partial charge in [0.1, 0.15) is 0 Å². The highest BCUT2D eigenvalue weighted by molar-refractivity contribution is 7.89. The molecule has 148 valence electrons.